The second-order valence-electron chi connectivity index (χ2n) is 4.41. The Morgan fingerprint density at radius 2 is 1.72 bits per heavy atom. The Hall–Kier alpha value is -1.05. The van der Waals surface area contributed by atoms with Gasteiger partial charge < -0.3 is 0 Å². The third-order valence-corrected chi connectivity index (χ3v) is 3.80. The molecule has 0 fully saturated rings. The molecule has 0 spiro atoms. The molecule has 0 aliphatic rings. The first-order chi connectivity index (χ1) is 8.60. The molecule has 0 radical (unpaired) electrons. The largest absolute Gasteiger partial charge is 0.198 e. The zero-order valence-electron chi connectivity index (χ0n) is 10.6. The molecular formula is C15H16Cl2N+. The predicted molar refractivity (Wildman–Crippen MR) is 76.3 cm³/mol. The molecule has 2 rings (SSSR count). The van der Waals surface area contributed by atoms with Gasteiger partial charge >= 0.3 is 0 Å². The quantitative estimate of drug-likeness (QED) is 0.742. The van der Waals surface area contributed by atoms with E-state index in [4.69, 9.17) is 23.2 Å². The number of benzene rings is 1. The van der Waals surface area contributed by atoms with Crippen molar-refractivity contribution in [2.24, 2.45) is 0 Å². The maximum absolute atomic E-state index is 6.04. The minimum atomic E-state index is 0.601. The summed E-state index contributed by atoms with van der Waals surface area (Å²) >= 11 is 12.0. The third kappa shape index (κ3) is 3.04. The minimum absolute atomic E-state index is 0.601. The van der Waals surface area contributed by atoms with Crippen molar-refractivity contribution >= 4 is 23.2 Å². The van der Waals surface area contributed by atoms with Crippen LogP contribution in [0.4, 0.5) is 0 Å². The van der Waals surface area contributed by atoms with Gasteiger partial charge in [0.2, 0.25) is 0 Å². The molecule has 0 aliphatic heterocycles. The highest BCUT2D eigenvalue weighted by molar-refractivity contribution is 6.42. The highest BCUT2D eigenvalue weighted by Gasteiger charge is 2.09. The van der Waals surface area contributed by atoms with Gasteiger partial charge in [-0.25, -0.2) is 0 Å². The van der Waals surface area contributed by atoms with Crippen molar-refractivity contribution < 1.29 is 4.57 Å². The predicted octanol–water partition coefficient (Wildman–Crippen LogP) is 4.20. The molecule has 2 aromatic rings. The fraction of sp³-hybridized carbons (Fsp3) is 0.267. The fourth-order valence-electron chi connectivity index (χ4n) is 1.88. The molecule has 1 heterocycles. The van der Waals surface area contributed by atoms with Crippen LogP contribution in [-0.4, -0.2) is 0 Å². The molecular weight excluding hydrogens is 265 g/mol. The van der Waals surface area contributed by atoms with E-state index >= 15 is 0 Å². The summed E-state index contributed by atoms with van der Waals surface area (Å²) in [5.74, 6) is 0. The van der Waals surface area contributed by atoms with Crippen molar-refractivity contribution in [2.75, 3.05) is 0 Å². The summed E-state index contributed by atoms with van der Waals surface area (Å²) in [4.78, 5) is 0. The molecule has 18 heavy (non-hydrogen) atoms. The van der Waals surface area contributed by atoms with Crippen LogP contribution in [0.5, 0.6) is 0 Å². The van der Waals surface area contributed by atoms with E-state index in [2.05, 4.69) is 36.7 Å². The van der Waals surface area contributed by atoms with Gasteiger partial charge in [-0.05, 0) is 24.6 Å². The van der Waals surface area contributed by atoms with Crippen molar-refractivity contribution in [3.8, 4) is 0 Å². The molecule has 1 nitrogen and oxygen atoms in total. The first-order valence-corrected chi connectivity index (χ1v) is 6.78. The summed E-state index contributed by atoms with van der Waals surface area (Å²) in [5.41, 5.74) is 3.73. The van der Waals surface area contributed by atoms with Crippen LogP contribution in [0.2, 0.25) is 10.0 Å². The minimum Gasteiger partial charge on any atom is -0.198 e. The number of hydrogen-bond donors (Lipinski definition) is 0. The zero-order chi connectivity index (χ0) is 13.1. The van der Waals surface area contributed by atoms with Gasteiger partial charge in [-0.1, -0.05) is 36.2 Å². The van der Waals surface area contributed by atoms with Gasteiger partial charge in [-0.3, -0.25) is 0 Å². The van der Waals surface area contributed by atoms with Crippen LogP contribution in [0.1, 0.15) is 23.7 Å². The van der Waals surface area contributed by atoms with Gasteiger partial charge in [-0.2, -0.15) is 4.57 Å². The topological polar surface area (TPSA) is 3.88 Å². The number of aryl methyl sites for hydroxylation is 2. The molecule has 1 aromatic heterocycles. The summed E-state index contributed by atoms with van der Waals surface area (Å²) in [6, 6.07) is 10.1. The average Bonchev–Trinajstić information content (AvgIpc) is 2.36. The average molecular weight is 281 g/mol. The van der Waals surface area contributed by atoms with E-state index in [1.54, 1.807) is 0 Å². The lowest BCUT2D eigenvalue weighted by Gasteiger charge is -2.04. The zero-order valence-corrected chi connectivity index (χ0v) is 12.1. The van der Waals surface area contributed by atoms with Crippen molar-refractivity contribution in [1.82, 2.24) is 0 Å². The van der Waals surface area contributed by atoms with Crippen molar-refractivity contribution in [2.45, 2.75) is 26.8 Å². The molecule has 0 N–H and O–H groups in total. The van der Waals surface area contributed by atoms with Gasteiger partial charge in [0.05, 0.1) is 10.0 Å². The molecule has 0 unspecified atom stereocenters. The lowest BCUT2D eigenvalue weighted by atomic mass is 10.2. The molecule has 0 aliphatic carbocycles. The SMILES string of the molecule is CCc1ccc(C)[n+](Cc2ccc(Cl)c(Cl)c2)c1. The second kappa shape index (κ2) is 5.73. The van der Waals surface area contributed by atoms with E-state index in [1.807, 2.05) is 18.2 Å². The van der Waals surface area contributed by atoms with Crippen LogP contribution >= 0.6 is 23.2 Å². The molecule has 0 amide bonds. The molecule has 1 aromatic carbocycles. The van der Waals surface area contributed by atoms with Gasteiger partial charge in [0.15, 0.2) is 18.4 Å². The standard InChI is InChI=1S/C15H16Cl2N/c1-3-12-5-4-11(2)18(9-12)10-13-6-7-14(16)15(17)8-13/h4-9H,3,10H2,1-2H3/q+1. The van der Waals surface area contributed by atoms with E-state index in [0.29, 0.717) is 10.0 Å². The second-order valence-corrected chi connectivity index (χ2v) is 5.22. The van der Waals surface area contributed by atoms with Gasteiger partial charge in [0, 0.05) is 24.1 Å². The van der Waals surface area contributed by atoms with Crippen LogP contribution in [0.15, 0.2) is 36.5 Å². The summed E-state index contributed by atoms with van der Waals surface area (Å²) in [5, 5.41) is 1.21. The van der Waals surface area contributed by atoms with Gasteiger partial charge in [0.1, 0.15) is 0 Å². The summed E-state index contributed by atoms with van der Waals surface area (Å²) in [6.45, 7) is 5.09. The highest BCUT2D eigenvalue weighted by atomic mass is 35.5. The smallest absolute Gasteiger partial charge is 0.178 e. The normalized spacial score (nSPS) is 10.7. The Kier molecular flexibility index (Phi) is 4.26. The number of nitrogens with zero attached hydrogens (tertiary/aromatic N) is 1. The van der Waals surface area contributed by atoms with Crippen LogP contribution < -0.4 is 4.57 Å². The monoisotopic (exact) mass is 280 g/mol. The molecule has 0 atom stereocenters. The number of aromatic nitrogens is 1. The number of hydrogen-bond acceptors (Lipinski definition) is 0. The number of halogens is 2. The summed E-state index contributed by atoms with van der Waals surface area (Å²) < 4.78 is 2.23. The molecule has 0 saturated carbocycles. The lowest BCUT2D eigenvalue weighted by molar-refractivity contribution is -0.694. The van der Waals surface area contributed by atoms with Gasteiger partial charge in [0.25, 0.3) is 0 Å². The molecule has 0 bridgehead atoms. The van der Waals surface area contributed by atoms with E-state index in [1.165, 1.54) is 11.3 Å². The Morgan fingerprint density at radius 3 is 2.39 bits per heavy atom. The van der Waals surface area contributed by atoms with Crippen molar-refractivity contribution in [3.05, 3.63) is 63.4 Å². The molecule has 0 saturated heterocycles. The third-order valence-electron chi connectivity index (χ3n) is 3.06. The van der Waals surface area contributed by atoms with Crippen molar-refractivity contribution in [1.29, 1.82) is 0 Å². The summed E-state index contributed by atoms with van der Waals surface area (Å²) in [7, 11) is 0. The fourth-order valence-corrected chi connectivity index (χ4v) is 2.20. The Morgan fingerprint density at radius 1 is 1.00 bits per heavy atom. The van der Waals surface area contributed by atoms with Crippen LogP contribution in [0, 0.1) is 6.92 Å². The van der Waals surface area contributed by atoms with E-state index in [0.717, 1.165) is 18.5 Å². The Bertz CT molecular complexity index is 564. The van der Waals surface area contributed by atoms with Crippen LogP contribution in [0.25, 0.3) is 0 Å². The van der Waals surface area contributed by atoms with E-state index in [-0.39, 0.29) is 0 Å². The van der Waals surface area contributed by atoms with Crippen LogP contribution in [0.3, 0.4) is 0 Å². The maximum atomic E-state index is 6.04. The van der Waals surface area contributed by atoms with E-state index < -0.39 is 0 Å². The van der Waals surface area contributed by atoms with Crippen molar-refractivity contribution in [3.63, 3.8) is 0 Å². The Labute approximate surface area is 118 Å². The first-order valence-electron chi connectivity index (χ1n) is 6.03. The lowest BCUT2D eigenvalue weighted by Crippen LogP contribution is -2.37. The van der Waals surface area contributed by atoms with Crippen LogP contribution in [-0.2, 0) is 13.0 Å². The van der Waals surface area contributed by atoms with Gasteiger partial charge in [-0.15, -0.1) is 0 Å². The maximum Gasteiger partial charge on any atom is 0.178 e. The number of pyridine rings is 1. The summed E-state index contributed by atoms with van der Waals surface area (Å²) in [6.07, 6.45) is 3.24. The first kappa shape index (κ1) is 13.4. The van der Waals surface area contributed by atoms with E-state index in [9.17, 15) is 0 Å². The highest BCUT2D eigenvalue weighted by Crippen LogP contribution is 2.22. The molecule has 94 valence electrons. The molecule has 3 heteroatoms. The Balaban J connectivity index is 2.30. The number of rotatable bonds is 3.